The molecule has 1 N–H and O–H groups in total. The monoisotopic (exact) mass is 241 g/mol. The third-order valence-electron chi connectivity index (χ3n) is 3.41. The second-order valence-electron chi connectivity index (χ2n) is 5.62. The van der Waals surface area contributed by atoms with Crippen LogP contribution in [0, 0.1) is 0 Å². The summed E-state index contributed by atoms with van der Waals surface area (Å²) in [4.78, 5) is 13.4. The minimum atomic E-state index is -0.629. The van der Waals surface area contributed by atoms with Crippen LogP contribution in [0.2, 0.25) is 0 Å². The van der Waals surface area contributed by atoms with Gasteiger partial charge in [-0.25, -0.2) is 0 Å². The van der Waals surface area contributed by atoms with E-state index in [1.54, 1.807) is 11.8 Å². The predicted octanol–water partition coefficient (Wildman–Crippen LogP) is 2.72. The molecule has 0 aromatic rings. The zero-order valence-corrected chi connectivity index (χ0v) is 11.4. The summed E-state index contributed by atoms with van der Waals surface area (Å²) in [6, 6.07) is 0. The summed E-state index contributed by atoms with van der Waals surface area (Å²) in [6.07, 6.45) is 9.34. The molecule has 17 heavy (non-hydrogen) atoms. The summed E-state index contributed by atoms with van der Waals surface area (Å²) < 4.78 is 0. The molecule has 0 bridgehead atoms. The van der Waals surface area contributed by atoms with Crippen molar-refractivity contribution in [2.45, 2.75) is 70.8 Å². The molecule has 1 aliphatic heterocycles. The summed E-state index contributed by atoms with van der Waals surface area (Å²) in [6.45, 7) is 5.04. The number of rotatable bonds is 8. The molecule has 1 rings (SSSR count). The maximum atomic E-state index is 11.7. The standard InChI is InChI=1S/C14H27NO2/c1-3-4-5-6-7-8-9-10-13(16)15-11-14(2,17)12-15/h17H,3-12H2,1-2H3. The van der Waals surface area contributed by atoms with Crippen LogP contribution >= 0.6 is 0 Å². The number of nitrogens with zero attached hydrogens (tertiary/aromatic N) is 1. The molecule has 1 aliphatic rings. The van der Waals surface area contributed by atoms with Crippen LogP contribution in [-0.4, -0.2) is 34.6 Å². The second-order valence-corrected chi connectivity index (χ2v) is 5.62. The normalized spacial score (nSPS) is 17.9. The molecule has 0 radical (unpaired) electrons. The Balaban J connectivity index is 1.91. The molecule has 1 amide bonds. The molecular weight excluding hydrogens is 214 g/mol. The van der Waals surface area contributed by atoms with Gasteiger partial charge in [-0.1, -0.05) is 45.4 Å². The molecule has 1 fully saturated rings. The third-order valence-corrected chi connectivity index (χ3v) is 3.41. The van der Waals surface area contributed by atoms with Gasteiger partial charge in [0, 0.05) is 6.42 Å². The fourth-order valence-electron chi connectivity index (χ4n) is 2.34. The Hall–Kier alpha value is -0.570. The van der Waals surface area contributed by atoms with E-state index >= 15 is 0 Å². The van der Waals surface area contributed by atoms with Crippen LogP contribution in [0.1, 0.15) is 65.2 Å². The lowest BCUT2D eigenvalue weighted by Crippen LogP contribution is -2.61. The lowest BCUT2D eigenvalue weighted by molar-refractivity contribution is -0.152. The van der Waals surface area contributed by atoms with E-state index in [0.717, 1.165) is 6.42 Å². The minimum Gasteiger partial charge on any atom is -0.386 e. The molecule has 1 saturated heterocycles. The van der Waals surface area contributed by atoms with Crippen LogP contribution in [0.15, 0.2) is 0 Å². The molecule has 0 unspecified atom stereocenters. The van der Waals surface area contributed by atoms with Crippen LogP contribution in [0.5, 0.6) is 0 Å². The Bertz CT molecular complexity index is 230. The maximum absolute atomic E-state index is 11.7. The summed E-state index contributed by atoms with van der Waals surface area (Å²) in [5.41, 5.74) is -0.629. The zero-order chi connectivity index (χ0) is 12.7. The van der Waals surface area contributed by atoms with E-state index < -0.39 is 5.60 Å². The summed E-state index contributed by atoms with van der Waals surface area (Å²) >= 11 is 0. The highest BCUT2D eigenvalue weighted by Crippen LogP contribution is 2.21. The van der Waals surface area contributed by atoms with Crippen molar-refractivity contribution in [2.75, 3.05) is 13.1 Å². The van der Waals surface area contributed by atoms with E-state index in [4.69, 9.17) is 0 Å². The second kappa shape index (κ2) is 7.00. The highest BCUT2D eigenvalue weighted by molar-refractivity contribution is 5.77. The van der Waals surface area contributed by atoms with E-state index in [-0.39, 0.29) is 5.91 Å². The molecule has 0 atom stereocenters. The predicted molar refractivity (Wildman–Crippen MR) is 69.8 cm³/mol. The van der Waals surface area contributed by atoms with Crippen molar-refractivity contribution in [3.05, 3.63) is 0 Å². The molecule has 0 saturated carbocycles. The molecule has 1 heterocycles. The first-order valence-corrected chi connectivity index (χ1v) is 7.05. The van der Waals surface area contributed by atoms with Gasteiger partial charge in [-0.05, 0) is 13.3 Å². The highest BCUT2D eigenvalue weighted by Gasteiger charge is 2.38. The van der Waals surface area contributed by atoms with E-state index in [9.17, 15) is 9.90 Å². The summed E-state index contributed by atoms with van der Waals surface area (Å²) in [5, 5.41) is 9.53. The smallest absolute Gasteiger partial charge is 0.222 e. The number of β-amino-alcohol motifs (C(OH)–C–C–N with tert-alkyl or cyclic N) is 1. The van der Waals surface area contributed by atoms with Crippen molar-refractivity contribution >= 4 is 5.91 Å². The van der Waals surface area contributed by atoms with Gasteiger partial charge in [0.1, 0.15) is 0 Å². The molecule has 0 aliphatic carbocycles. The van der Waals surface area contributed by atoms with Crippen molar-refractivity contribution in [3.8, 4) is 0 Å². The van der Waals surface area contributed by atoms with Crippen LogP contribution in [0.25, 0.3) is 0 Å². The number of aliphatic hydroxyl groups is 1. The van der Waals surface area contributed by atoms with E-state index in [1.807, 2.05) is 0 Å². The largest absolute Gasteiger partial charge is 0.386 e. The number of unbranched alkanes of at least 4 members (excludes halogenated alkanes) is 6. The lowest BCUT2D eigenvalue weighted by atomic mass is 9.96. The first-order valence-electron chi connectivity index (χ1n) is 7.05. The number of likely N-dealkylation sites (tertiary alicyclic amines) is 1. The average Bonchev–Trinajstić information content (AvgIpc) is 2.24. The van der Waals surface area contributed by atoms with Gasteiger partial charge in [-0.3, -0.25) is 4.79 Å². The fourth-order valence-corrected chi connectivity index (χ4v) is 2.34. The van der Waals surface area contributed by atoms with Gasteiger partial charge in [-0.2, -0.15) is 0 Å². The van der Waals surface area contributed by atoms with E-state index in [0.29, 0.717) is 19.5 Å². The van der Waals surface area contributed by atoms with Gasteiger partial charge in [0.05, 0.1) is 18.7 Å². The fraction of sp³-hybridized carbons (Fsp3) is 0.929. The summed E-state index contributed by atoms with van der Waals surface area (Å²) in [7, 11) is 0. The third kappa shape index (κ3) is 5.53. The van der Waals surface area contributed by atoms with Gasteiger partial charge in [0.2, 0.25) is 5.91 Å². The number of carbonyl (C=O) groups excluding carboxylic acids is 1. The molecule has 100 valence electrons. The molecule has 3 heteroatoms. The van der Waals surface area contributed by atoms with Crippen LogP contribution < -0.4 is 0 Å². The number of hydrogen-bond donors (Lipinski definition) is 1. The van der Waals surface area contributed by atoms with Crippen molar-refractivity contribution in [3.63, 3.8) is 0 Å². The van der Waals surface area contributed by atoms with Gasteiger partial charge in [0.15, 0.2) is 0 Å². The molecular formula is C14H27NO2. The Kier molecular flexibility index (Phi) is 5.96. The van der Waals surface area contributed by atoms with Crippen LogP contribution in [-0.2, 0) is 4.79 Å². The summed E-state index contributed by atoms with van der Waals surface area (Å²) in [5.74, 6) is 0.213. The Morgan fingerprint density at radius 3 is 2.18 bits per heavy atom. The van der Waals surface area contributed by atoms with E-state index in [2.05, 4.69) is 6.92 Å². The molecule has 0 aromatic carbocycles. The lowest BCUT2D eigenvalue weighted by Gasteiger charge is -2.44. The highest BCUT2D eigenvalue weighted by atomic mass is 16.3. The van der Waals surface area contributed by atoms with Crippen molar-refractivity contribution in [1.82, 2.24) is 4.90 Å². The van der Waals surface area contributed by atoms with Crippen LogP contribution in [0.4, 0.5) is 0 Å². The van der Waals surface area contributed by atoms with Gasteiger partial charge in [0.25, 0.3) is 0 Å². The van der Waals surface area contributed by atoms with Gasteiger partial charge in [-0.15, -0.1) is 0 Å². The first-order chi connectivity index (χ1) is 8.05. The topological polar surface area (TPSA) is 40.5 Å². The van der Waals surface area contributed by atoms with Crippen molar-refractivity contribution < 1.29 is 9.90 Å². The Morgan fingerprint density at radius 2 is 1.65 bits per heavy atom. The Labute approximate surface area is 105 Å². The molecule has 0 aromatic heterocycles. The minimum absolute atomic E-state index is 0.213. The zero-order valence-electron chi connectivity index (χ0n) is 11.4. The first kappa shape index (κ1) is 14.5. The van der Waals surface area contributed by atoms with Crippen molar-refractivity contribution in [1.29, 1.82) is 0 Å². The Morgan fingerprint density at radius 1 is 1.12 bits per heavy atom. The number of carbonyl (C=O) groups is 1. The maximum Gasteiger partial charge on any atom is 0.222 e. The van der Waals surface area contributed by atoms with E-state index in [1.165, 1.54) is 38.5 Å². The quantitative estimate of drug-likeness (QED) is 0.664. The SMILES string of the molecule is CCCCCCCCCC(=O)N1CC(C)(O)C1. The van der Waals surface area contributed by atoms with Crippen LogP contribution in [0.3, 0.4) is 0 Å². The molecule has 0 spiro atoms. The number of amides is 1. The average molecular weight is 241 g/mol. The van der Waals surface area contributed by atoms with Gasteiger partial charge < -0.3 is 10.0 Å². The number of hydrogen-bond acceptors (Lipinski definition) is 2. The molecule has 3 nitrogen and oxygen atoms in total. The van der Waals surface area contributed by atoms with Crippen molar-refractivity contribution in [2.24, 2.45) is 0 Å². The van der Waals surface area contributed by atoms with Gasteiger partial charge >= 0.3 is 0 Å².